The number of fused-ring (bicyclic) bond motifs is 8. The predicted octanol–water partition coefficient (Wildman–Crippen LogP) is 13.4. The van der Waals surface area contributed by atoms with E-state index in [2.05, 4.69) is 287 Å². The van der Waals surface area contributed by atoms with Crippen molar-refractivity contribution in [3.05, 3.63) is 267 Å². The fourth-order valence-electron chi connectivity index (χ4n) is 12.0. The highest BCUT2D eigenvalue weighted by molar-refractivity contribution is 7.02. The number of hydrogen-bond acceptors (Lipinski definition) is 6. The first-order chi connectivity index (χ1) is 36.7. The van der Waals surface area contributed by atoms with Gasteiger partial charge in [-0.2, -0.15) is 0 Å². The molecule has 0 amide bonds. The summed E-state index contributed by atoms with van der Waals surface area (Å²) in [7, 11) is 0. The summed E-state index contributed by atoms with van der Waals surface area (Å²) in [6.07, 6.45) is 0. The average Bonchev–Trinajstić information content (AvgIpc) is 3.46. The largest absolute Gasteiger partial charge is 0.458 e. The van der Waals surface area contributed by atoms with E-state index in [1.54, 1.807) is 0 Å². The monoisotopic (exact) mass is 946 g/mol. The lowest BCUT2D eigenvalue weighted by atomic mass is 9.31. The van der Waals surface area contributed by atoms with Crippen LogP contribution in [0, 0.1) is 0 Å². The normalized spacial score (nSPS) is 13.0. The lowest BCUT2D eigenvalue weighted by Crippen LogP contribution is -2.63. The minimum atomic E-state index is -0.144. The summed E-state index contributed by atoms with van der Waals surface area (Å²) < 4.78 is 14.8. The van der Waals surface area contributed by atoms with Crippen molar-refractivity contribution in [2.75, 3.05) is 19.6 Å². The molecule has 6 nitrogen and oxygen atoms in total. The number of hydrogen-bond donors (Lipinski definition) is 0. The van der Waals surface area contributed by atoms with E-state index in [4.69, 9.17) is 9.47 Å². The van der Waals surface area contributed by atoms with E-state index in [0.29, 0.717) is 0 Å². The highest BCUT2D eigenvalue weighted by atomic mass is 16.5. The summed E-state index contributed by atoms with van der Waals surface area (Å²) >= 11 is 0. The molecule has 346 valence electrons. The van der Waals surface area contributed by atoms with Gasteiger partial charge in [-0.05, 0) is 130 Å². The van der Waals surface area contributed by atoms with Gasteiger partial charge in [0.15, 0.2) is 0 Å². The Morgan fingerprint density at radius 2 is 0.581 bits per heavy atom. The van der Waals surface area contributed by atoms with Gasteiger partial charge in [0.25, 0.3) is 13.4 Å². The molecule has 4 heterocycles. The standard InChI is InChI=1S/C66H44B2N4O2/c1-7-23-45(24-8-1)69(46-25-9-2-10-26-46)51-39-59-65-63(41-51)73-61-44-62-56(43-55(61)67(65)53-35-19-21-37-57(53)71(59)49-31-15-5-16-32-49)68-54-36-20-22-38-58(54)72(50-33-17-6-18-34-50)60-40-52(42-64(74-62)66(60)68)70(47-27-11-3-12-28-47)48-29-13-4-14-30-48/h1-44H. The molecular weight excluding hydrogens is 902 g/mol. The number of benzene rings is 11. The molecule has 0 spiro atoms. The van der Waals surface area contributed by atoms with Gasteiger partial charge in [0.1, 0.15) is 23.0 Å². The van der Waals surface area contributed by atoms with Crippen molar-refractivity contribution in [3.63, 3.8) is 0 Å². The van der Waals surface area contributed by atoms with Gasteiger partial charge < -0.3 is 29.1 Å². The fourth-order valence-corrected chi connectivity index (χ4v) is 12.0. The third-order valence-corrected chi connectivity index (χ3v) is 15.1. The van der Waals surface area contributed by atoms with Gasteiger partial charge in [-0.25, -0.2) is 0 Å². The van der Waals surface area contributed by atoms with E-state index in [1.165, 1.54) is 10.9 Å². The quantitative estimate of drug-likeness (QED) is 0.141. The molecule has 74 heavy (non-hydrogen) atoms. The smallest absolute Gasteiger partial charge is 0.256 e. The van der Waals surface area contributed by atoms with E-state index in [0.717, 1.165) is 113 Å². The van der Waals surface area contributed by atoms with Gasteiger partial charge in [-0.15, -0.1) is 0 Å². The first-order valence-electron chi connectivity index (χ1n) is 25.3. The second-order valence-corrected chi connectivity index (χ2v) is 19.2. The van der Waals surface area contributed by atoms with E-state index in [9.17, 15) is 0 Å². The maximum atomic E-state index is 7.42. The Morgan fingerprint density at radius 1 is 0.257 bits per heavy atom. The van der Waals surface area contributed by atoms with Crippen LogP contribution in [-0.2, 0) is 0 Å². The molecule has 0 atom stereocenters. The Labute approximate surface area is 431 Å². The Kier molecular flexibility index (Phi) is 9.67. The summed E-state index contributed by atoms with van der Waals surface area (Å²) in [5.74, 6) is 3.18. The zero-order valence-corrected chi connectivity index (χ0v) is 40.2. The van der Waals surface area contributed by atoms with Crippen LogP contribution >= 0.6 is 0 Å². The van der Waals surface area contributed by atoms with Gasteiger partial charge in [0.05, 0.1) is 11.4 Å². The number of nitrogens with zero attached hydrogens (tertiary/aromatic N) is 4. The zero-order chi connectivity index (χ0) is 48.7. The van der Waals surface area contributed by atoms with Crippen LogP contribution in [0.3, 0.4) is 0 Å². The van der Waals surface area contributed by atoms with Gasteiger partial charge in [0, 0.05) is 75.1 Å². The molecule has 0 radical (unpaired) electrons. The van der Waals surface area contributed by atoms with Crippen molar-refractivity contribution in [1.82, 2.24) is 0 Å². The Bertz CT molecular complexity index is 3610. The molecule has 0 aliphatic carbocycles. The SMILES string of the molecule is c1ccc(N(c2ccccc2)c2cc3c4c(c2)N(c2ccccc2)c2ccccc2B4c2cc4c(cc2O3)Oc2cc(N(c3ccccc3)c3ccccc3)cc3c2B4c2ccccc2N3c2ccccc2)cc1. The average molecular weight is 947 g/mol. The van der Waals surface area contributed by atoms with Crippen LogP contribution in [0.5, 0.6) is 23.0 Å². The van der Waals surface area contributed by atoms with Gasteiger partial charge in [0.2, 0.25) is 0 Å². The molecule has 0 fully saturated rings. The molecule has 4 aliphatic rings. The van der Waals surface area contributed by atoms with Crippen molar-refractivity contribution >= 4 is 114 Å². The Hall–Kier alpha value is -9.65. The number of rotatable bonds is 8. The van der Waals surface area contributed by atoms with E-state index < -0.39 is 0 Å². The maximum absolute atomic E-state index is 7.42. The van der Waals surface area contributed by atoms with Crippen LogP contribution in [0.15, 0.2) is 267 Å². The summed E-state index contributed by atoms with van der Waals surface area (Å²) in [6, 6.07) is 95.4. The maximum Gasteiger partial charge on any atom is 0.256 e. The zero-order valence-electron chi connectivity index (χ0n) is 40.2. The summed E-state index contributed by atoms with van der Waals surface area (Å²) in [5, 5.41) is 0. The number of anilines is 12. The topological polar surface area (TPSA) is 31.4 Å². The molecular formula is C66H44B2N4O2. The summed E-state index contributed by atoms with van der Waals surface area (Å²) in [5.41, 5.74) is 19.7. The second kappa shape index (κ2) is 17.0. The lowest BCUT2D eigenvalue weighted by Gasteiger charge is -2.43. The van der Waals surface area contributed by atoms with E-state index >= 15 is 0 Å². The van der Waals surface area contributed by atoms with Crippen molar-refractivity contribution in [2.45, 2.75) is 0 Å². The van der Waals surface area contributed by atoms with Crippen LogP contribution in [0.1, 0.15) is 0 Å². The van der Waals surface area contributed by atoms with Crippen molar-refractivity contribution in [3.8, 4) is 23.0 Å². The van der Waals surface area contributed by atoms with Crippen molar-refractivity contribution in [2.24, 2.45) is 0 Å². The van der Waals surface area contributed by atoms with Crippen LogP contribution in [-0.4, -0.2) is 13.4 Å². The van der Waals surface area contributed by atoms with Gasteiger partial charge in [-0.3, -0.25) is 0 Å². The van der Waals surface area contributed by atoms with Crippen LogP contribution < -0.4 is 61.9 Å². The molecule has 11 aromatic rings. The molecule has 4 aliphatic heterocycles. The van der Waals surface area contributed by atoms with Crippen LogP contribution in [0.2, 0.25) is 0 Å². The predicted molar refractivity (Wildman–Crippen MR) is 308 cm³/mol. The second-order valence-electron chi connectivity index (χ2n) is 19.2. The molecule has 0 aromatic heterocycles. The Morgan fingerprint density at radius 3 is 0.946 bits per heavy atom. The Balaban J connectivity index is 0.968. The number of ether oxygens (including phenoxy) is 2. The molecule has 0 unspecified atom stereocenters. The highest BCUT2D eigenvalue weighted by Crippen LogP contribution is 2.49. The lowest BCUT2D eigenvalue weighted by molar-refractivity contribution is 0.466. The number of para-hydroxylation sites is 8. The molecule has 15 rings (SSSR count). The van der Waals surface area contributed by atoms with Gasteiger partial charge in [-0.1, -0.05) is 152 Å². The molecule has 11 aromatic carbocycles. The van der Waals surface area contributed by atoms with Crippen LogP contribution in [0.25, 0.3) is 0 Å². The molecule has 8 heteroatoms. The van der Waals surface area contributed by atoms with Crippen molar-refractivity contribution in [1.29, 1.82) is 0 Å². The first-order valence-corrected chi connectivity index (χ1v) is 25.3. The minimum Gasteiger partial charge on any atom is -0.458 e. The third kappa shape index (κ3) is 6.62. The molecule has 0 saturated heterocycles. The molecule has 0 saturated carbocycles. The molecule has 0 bridgehead atoms. The third-order valence-electron chi connectivity index (χ3n) is 15.1. The molecule has 0 N–H and O–H groups in total. The van der Waals surface area contributed by atoms with Gasteiger partial charge >= 0.3 is 0 Å². The van der Waals surface area contributed by atoms with Crippen molar-refractivity contribution < 1.29 is 9.47 Å². The minimum absolute atomic E-state index is 0.144. The first kappa shape index (κ1) is 42.1. The van der Waals surface area contributed by atoms with E-state index in [1.807, 2.05) is 0 Å². The van der Waals surface area contributed by atoms with E-state index in [-0.39, 0.29) is 13.4 Å². The summed E-state index contributed by atoms with van der Waals surface area (Å²) in [4.78, 5) is 9.48. The summed E-state index contributed by atoms with van der Waals surface area (Å²) in [6.45, 7) is -0.288. The fraction of sp³-hybridized carbons (Fsp3) is 0. The highest BCUT2D eigenvalue weighted by Gasteiger charge is 2.47. The van der Waals surface area contributed by atoms with Crippen LogP contribution in [0.4, 0.5) is 68.2 Å².